The highest BCUT2D eigenvalue weighted by atomic mass is 16.6. The Morgan fingerprint density at radius 3 is 2.20 bits per heavy atom. The summed E-state index contributed by atoms with van der Waals surface area (Å²) >= 11 is 0. The van der Waals surface area contributed by atoms with Crippen molar-refractivity contribution in [2.45, 2.75) is 6.61 Å². The monoisotopic (exact) mass is 282 g/mol. The number of anilines is 1. The van der Waals surface area contributed by atoms with Crippen LogP contribution >= 0.6 is 0 Å². The maximum atomic E-state index is 11.0. The van der Waals surface area contributed by atoms with Crippen molar-refractivity contribution < 1.29 is 19.6 Å². The summed E-state index contributed by atoms with van der Waals surface area (Å²) < 4.78 is 0. The van der Waals surface area contributed by atoms with Gasteiger partial charge in [0.15, 0.2) is 0 Å². The van der Waals surface area contributed by atoms with Crippen molar-refractivity contribution in [2.24, 2.45) is 11.5 Å². The Hall–Kier alpha value is -2.68. The molecule has 0 atom stereocenters. The Morgan fingerprint density at radius 1 is 1.25 bits per heavy atom. The number of hydrogen-bond acceptors (Lipinski definition) is 6. The SMILES string of the molecule is NC(=O)CN(CC(N)=O)c1ccc([N+](=O)[O-])cc1CO. The molecule has 0 aliphatic heterocycles. The van der Waals surface area contributed by atoms with Crippen LogP contribution < -0.4 is 16.4 Å². The van der Waals surface area contributed by atoms with Crippen LogP contribution in [0.5, 0.6) is 0 Å². The minimum atomic E-state index is -0.700. The van der Waals surface area contributed by atoms with E-state index in [-0.39, 0.29) is 30.0 Å². The number of nitro groups is 1. The molecular formula is C11H14N4O5. The molecule has 0 fully saturated rings. The topological polar surface area (TPSA) is 153 Å². The van der Waals surface area contributed by atoms with Crippen molar-refractivity contribution in [2.75, 3.05) is 18.0 Å². The first kappa shape index (κ1) is 15.4. The number of nitrogens with zero attached hydrogens (tertiary/aromatic N) is 2. The second kappa shape index (κ2) is 6.48. The van der Waals surface area contributed by atoms with Crippen LogP contribution in [0.3, 0.4) is 0 Å². The van der Waals surface area contributed by atoms with E-state index in [4.69, 9.17) is 11.5 Å². The lowest BCUT2D eigenvalue weighted by molar-refractivity contribution is -0.384. The van der Waals surface area contributed by atoms with Gasteiger partial charge in [0.1, 0.15) is 0 Å². The number of nitro benzene ring substituents is 1. The van der Waals surface area contributed by atoms with Crippen molar-refractivity contribution in [1.82, 2.24) is 0 Å². The van der Waals surface area contributed by atoms with E-state index in [2.05, 4.69) is 0 Å². The van der Waals surface area contributed by atoms with Crippen molar-refractivity contribution in [3.8, 4) is 0 Å². The van der Waals surface area contributed by atoms with Crippen LogP contribution in [0.25, 0.3) is 0 Å². The van der Waals surface area contributed by atoms with Crippen LogP contribution in [0, 0.1) is 10.1 Å². The van der Waals surface area contributed by atoms with Crippen LogP contribution in [0.15, 0.2) is 18.2 Å². The van der Waals surface area contributed by atoms with Crippen LogP contribution in [0.1, 0.15) is 5.56 Å². The van der Waals surface area contributed by atoms with Crippen molar-refractivity contribution >= 4 is 23.2 Å². The van der Waals surface area contributed by atoms with Crippen LogP contribution in [0.2, 0.25) is 0 Å². The zero-order chi connectivity index (χ0) is 15.3. The largest absolute Gasteiger partial charge is 0.392 e. The molecule has 0 bridgehead atoms. The van der Waals surface area contributed by atoms with Gasteiger partial charge in [-0.15, -0.1) is 0 Å². The van der Waals surface area contributed by atoms with Crippen LogP contribution in [0.4, 0.5) is 11.4 Å². The summed E-state index contributed by atoms with van der Waals surface area (Å²) in [5.74, 6) is -1.40. The molecule has 0 aliphatic rings. The number of nitrogens with two attached hydrogens (primary N) is 2. The van der Waals surface area contributed by atoms with Gasteiger partial charge in [-0.25, -0.2) is 0 Å². The van der Waals surface area contributed by atoms with E-state index in [1.807, 2.05) is 0 Å². The number of carbonyl (C=O) groups is 2. The number of carbonyl (C=O) groups excluding carboxylic acids is 2. The van der Waals surface area contributed by atoms with Crippen LogP contribution in [-0.2, 0) is 16.2 Å². The summed E-state index contributed by atoms with van der Waals surface area (Å²) in [6.07, 6.45) is 0. The Bertz CT molecular complexity index is 530. The molecule has 5 N–H and O–H groups in total. The first-order valence-electron chi connectivity index (χ1n) is 5.55. The van der Waals surface area contributed by atoms with Gasteiger partial charge in [0.05, 0.1) is 24.6 Å². The van der Waals surface area contributed by atoms with E-state index in [1.165, 1.54) is 17.0 Å². The van der Waals surface area contributed by atoms with E-state index >= 15 is 0 Å². The maximum Gasteiger partial charge on any atom is 0.269 e. The number of hydrogen-bond donors (Lipinski definition) is 3. The lowest BCUT2D eigenvalue weighted by atomic mass is 10.1. The molecule has 20 heavy (non-hydrogen) atoms. The second-order valence-electron chi connectivity index (χ2n) is 4.02. The fourth-order valence-electron chi connectivity index (χ4n) is 1.72. The third-order valence-corrected chi connectivity index (χ3v) is 2.48. The Kier molecular flexibility index (Phi) is 4.98. The summed E-state index contributed by atoms with van der Waals surface area (Å²) in [7, 11) is 0. The van der Waals surface area contributed by atoms with Gasteiger partial charge < -0.3 is 21.5 Å². The van der Waals surface area contributed by atoms with Gasteiger partial charge in [-0.2, -0.15) is 0 Å². The molecule has 0 saturated heterocycles. The minimum Gasteiger partial charge on any atom is -0.392 e. The molecule has 0 saturated carbocycles. The Morgan fingerprint density at radius 2 is 1.80 bits per heavy atom. The maximum absolute atomic E-state index is 11.0. The molecule has 9 nitrogen and oxygen atoms in total. The zero-order valence-corrected chi connectivity index (χ0v) is 10.5. The summed E-state index contributed by atoms with van der Waals surface area (Å²) in [5.41, 5.74) is 10.4. The third-order valence-electron chi connectivity index (χ3n) is 2.48. The molecule has 0 aromatic heterocycles. The van der Waals surface area contributed by atoms with Gasteiger partial charge >= 0.3 is 0 Å². The van der Waals surface area contributed by atoms with Crippen LogP contribution in [-0.4, -0.2) is 34.9 Å². The van der Waals surface area contributed by atoms with Gasteiger partial charge in [-0.3, -0.25) is 19.7 Å². The lowest BCUT2D eigenvalue weighted by Crippen LogP contribution is -2.40. The Labute approximate surface area is 113 Å². The molecular weight excluding hydrogens is 268 g/mol. The highest BCUT2D eigenvalue weighted by Gasteiger charge is 2.18. The molecule has 1 rings (SSSR count). The number of non-ortho nitro benzene ring substituents is 1. The smallest absolute Gasteiger partial charge is 0.269 e. The summed E-state index contributed by atoms with van der Waals surface area (Å²) in [6, 6.07) is 3.68. The van der Waals surface area contributed by atoms with E-state index in [9.17, 15) is 24.8 Å². The molecule has 1 aromatic carbocycles. The first-order valence-corrected chi connectivity index (χ1v) is 5.55. The van der Waals surface area contributed by atoms with E-state index in [1.54, 1.807) is 0 Å². The van der Waals surface area contributed by atoms with Gasteiger partial charge in [-0.05, 0) is 6.07 Å². The third kappa shape index (κ3) is 3.92. The zero-order valence-electron chi connectivity index (χ0n) is 10.5. The summed E-state index contributed by atoms with van der Waals surface area (Å²) in [5, 5.41) is 19.9. The second-order valence-corrected chi connectivity index (χ2v) is 4.02. The van der Waals surface area contributed by atoms with Gasteiger partial charge in [0.2, 0.25) is 11.8 Å². The first-order chi connectivity index (χ1) is 9.35. The van der Waals surface area contributed by atoms with Gasteiger partial charge in [-0.1, -0.05) is 0 Å². The normalized spacial score (nSPS) is 10.1. The lowest BCUT2D eigenvalue weighted by Gasteiger charge is -2.23. The standard InChI is InChI=1S/C11H14N4O5/c12-10(17)4-14(5-11(13)18)9-2-1-8(15(19)20)3-7(9)6-16/h1-3,16H,4-6H2,(H2,12,17)(H2,13,18). The molecule has 0 heterocycles. The van der Waals surface area contributed by atoms with Gasteiger partial charge in [0, 0.05) is 23.4 Å². The average Bonchev–Trinajstić information content (AvgIpc) is 2.35. The number of benzene rings is 1. The minimum absolute atomic E-state index is 0.196. The number of amides is 2. The van der Waals surface area contributed by atoms with E-state index in [0.29, 0.717) is 0 Å². The number of rotatable bonds is 7. The van der Waals surface area contributed by atoms with Gasteiger partial charge in [0.25, 0.3) is 5.69 Å². The van der Waals surface area contributed by atoms with E-state index < -0.39 is 23.3 Å². The fraction of sp³-hybridized carbons (Fsp3) is 0.273. The van der Waals surface area contributed by atoms with Crippen molar-refractivity contribution in [1.29, 1.82) is 0 Å². The summed E-state index contributed by atoms with van der Waals surface area (Å²) in [4.78, 5) is 33.3. The van der Waals surface area contributed by atoms with E-state index in [0.717, 1.165) is 6.07 Å². The van der Waals surface area contributed by atoms with Crippen molar-refractivity contribution in [3.05, 3.63) is 33.9 Å². The number of primary amides is 2. The quantitative estimate of drug-likeness (QED) is 0.424. The molecule has 0 unspecified atom stereocenters. The molecule has 108 valence electrons. The molecule has 2 amide bonds. The predicted molar refractivity (Wildman–Crippen MR) is 69.6 cm³/mol. The molecule has 9 heteroatoms. The molecule has 0 radical (unpaired) electrons. The molecule has 1 aromatic rings. The fourth-order valence-corrected chi connectivity index (χ4v) is 1.72. The van der Waals surface area contributed by atoms with Crippen molar-refractivity contribution in [3.63, 3.8) is 0 Å². The molecule has 0 spiro atoms. The average molecular weight is 282 g/mol. The summed E-state index contributed by atoms with van der Waals surface area (Å²) in [6.45, 7) is -1.09. The molecule has 0 aliphatic carbocycles. The number of aliphatic hydroxyl groups is 1. The predicted octanol–water partition coefficient (Wildman–Crippen LogP) is -1.14. The highest BCUT2D eigenvalue weighted by molar-refractivity contribution is 5.85. The number of aliphatic hydroxyl groups excluding tert-OH is 1. The Balaban J connectivity index is 3.20. The highest BCUT2D eigenvalue weighted by Crippen LogP contribution is 2.25.